The fraction of sp³-hybridized carbons (Fsp3) is 0.333. The van der Waals surface area contributed by atoms with Crippen molar-refractivity contribution in [1.82, 2.24) is 14.8 Å². The molecular weight excluding hydrogens is 531 g/mol. The van der Waals surface area contributed by atoms with E-state index in [9.17, 15) is 31.5 Å². The maximum atomic E-state index is 13.4. The zero-order valence-electron chi connectivity index (χ0n) is 20.0. The molecule has 2 unspecified atom stereocenters. The number of aliphatic hydroxyl groups is 1. The third-order valence-electron chi connectivity index (χ3n) is 5.51. The van der Waals surface area contributed by atoms with Crippen LogP contribution in [-0.4, -0.2) is 53.8 Å². The number of aromatic nitrogens is 1. The zero-order chi connectivity index (χ0) is 27.2. The van der Waals surface area contributed by atoms with Crippen LogP contribution >= 0.6 is 11.3 Å². The first-order chi connectivity index (χ1) is 17.4. The normalized spacial score (nSPS) is 14.5. The molecule has 0 aliphatic carbocycles. The van der Waals surface area contributed by atoms with E-state index in [1.54, 1.807) is 47.8 Å². The number of sulfonamides is 1. The molecule has 2 N–H and O–H groups in total. The van der Waals surface area contributed by atoms with Crippen LogP contribution in [0.25, 0.3) is 0 Å². The van der Waals surface area contributed by atoms with Crippen molar-refractivity contribution >= 4 is 27.3 Å². The van der Waals surface area contributed by atoms with E-state index in [0.717, 1.165) is 17.4 Å². The summed E-state index contributed by atoms with van der Waals surface area (Å²) in [5.74, 6) is -0.995. The van der Waals surface area contributed by atoms with Gasteiger partial charge in [0, 0.05) is 29.6 Å². The van der Waals surface area contributed by atoms with E-state index >= 15 is 0 Å². The summed E-state index contributed by atoms with van der Waals surface area (Å²) in [4.78, 5) is 12.9. The van der Waals surface area contributed by atoms with Crippen molar-refractivity contribution < 1.29 is 36.0 Å². The lowest BCUT2D eigenvalue weighted by Crippen LogP contribution is -2.50. The van der Waals surface area contributed by atoms with Gasteiger partial charge >= 0.3 is 6.18 Å². The minimum atomic E-state index is -4.69. The number of carbonyl (C=O) groups excluding carboxylic acids is 1. The Morgan fingerprint density at radius 1 is 1.24 bits per heavy atom. The van der Waals surface area contributed by atoms with Crippen molar-refractivity contribution in [1.29, 1.82) is 0 Å². The van der Waals surface area contributed by atoms with Gasteiger partial charge in [-0.3, -0.25) is 4.79 Å². The van der Waals surface area contributed by atoms with Gasteiger partial charge in [-0.25, -0.2) is 8.42 Å². The molecule has 2 aromatic heterocycles. The van der Waals surface area contributed by atoms with E-state index in [1.807, 2.05) is 0 Å². The molecule has 0 spiro atoms. The number of benzene rings is 1. The van der Waals surface area contributed by atoms with Gasteiger partial charge in [-0.15, -0.1) is 11.3 Å². The Kier molecular flexibility index (Phi) is 9.29. The molecule has 0 bridgehead atoms. The lowest BCUT2D eigenvalue weighted by Gasteiger charge is -2.29. The molecule has 13 heteroatoms. The molecule has 0 fully saturated rings. The molecule has 37 heavy (non-hydrogen) atoms. The lowest BCUT2D eigenvalue weighted by molar-refractivity contribution is -0.119. The summed E-state index contributed by atoms with van der Waals surface area (Å²) in [7, 11) is -4.18. The summed E-state index contributed by atoms with van der Waals surface area (Å²) < 4.78 is 71.6. The molecule has 1 amide bonds. The van der Waals surface area contributed by atoms with Gasteiger partial charge in [0.15, 0.2) is 5.76 Å². The van der Waals surface area contributed by atoms with Crippen LogP contribution in [0.3, 0.4) is 0 Å². The quantitative estimate of drug-likeness (QED) is 0.347. The molecule has 0 saturated carbocycles. The Labute approximate surface area is 216 Å². The summed E-state index contributed by atoms with van der Waals surface area (Å²) in [6, 6.07) is 11.1. The number of thiophene rings is 1. The summed E-state index contributed by atoms with van der Waals surface area (Å²) in [5.41, 5.74) is -0.423. The van der Waals surface area contributed by atoms with Crippen molar-refractivity contribution in [2.75, 3.05) is 6.54 Å². The summed E-state index contributed by atoms with van der Waals surface area (Å²) in [6.07, 6.45) is -4.64. The van der Waals surface area contributed by atoms with Gasteiger partial charge in [0.2, 0.25) is 15.9 Å². The number of aryl methyl sites for hydroxylation is 1. The third kappa shape index (κ3) is 7.74. The van der Waals surface area contributed by atoms with Crippen molar-refractivity contribution in [3.63, 3.8) is 0 Å². The third-order valence-corrected chi connectivity index (χ3v) is 8.28. The standard InChI is InChI=1S/C24H26F3N3O5S2/c1-16(24(25,26)27)11-23(32)29-20(12-18-7-4-3-5-8-18)21(31)15-30(14-19-9-6-10-36-19)37(33,34)22-13-28-35-17(22)2/h3-11,13,20-21,31H,12,14-15H2,1-2H3,(H,29,32)/b16-11-. The highest BCUT2D eigenvalue weighted by molar-refractivity contribution is 7.89. The summed E-state index contributed by atoms with van der Waals surface area (Å²) >= 11 is 1.32. The number of rotatable bonds is 11. The van der Waals surface area contributed by atoms with Crippen LogP contribution in [0.2, 0.25) is 0 Å². The molecule has 8 nitrogen and oxygen atoms in total. The molecule has 0 aliphatic rings. The zero-order valence-corrected chi connectivity index (χ0v) is 21.6. The largest absolute Gasteiger partial charge is 0.412 e. The maximum absolute atomic E-state index is 13.4. The fourth-order valence-corrected chi connectivity index (χ4v) is 5.80. The molecule has 200 valence electrons. The van der Waals surface area contributed by atoms with Crippen LogP contribution in [-0.2, 0) is 27.8 Å². The summed E-state index contributed by atoms with van der Waals surface area (Å²) in [5, 5.41) is 18.9. The second-order valence-electron chi connectivity index (χ2n) is 8.32. The van der Waals surface area contributed by atoms with Crippen molar-refractivity contribution in [3.05, 3.63) is 81.9 Å². The highest BCUT2D eigenvalue weighted by Gasteiger charge is 2.34. The van der Waals surface area contributed by atoms with E-state index in [0.29, 0.717) is 16.5 Å². The molecule has 0 radical (unpaired) electrons. The molecule has 3 rings (SSSR count). The predicted octanol–water partition coefficient (Wildman–Crippen LogP) is 3.83. The van der Waals surface area contributed by atoms with Gasteiger partial charge in [-0.05, 0) is 37.3 Å². The Balaban J connectivity index is 1.90. The van der Waals surface area contributed by atoms with E-state index in [1.165, 1.54) is 18.3 Å². The number of hydrogen-bond donors (Lipinski definition) is 2. The van der Waals surface area contributed by atoms with Crippen LogP contribution in [0.4, 0.5) is 13.2 Å². The number of alkyl halides is 3. The topological polar surface area (TPSA) is 113 Å². The van der Waals surface area contributed by atoms with Crippen LogP contribution in [0.15, 0.2) is 75.1 Å². The Bertz CT molecular complexity index is 1310. The van der Waals surface area contributed by atoms with Crippen LogP contribution in [0.1, 0.15) is 23.1 Å². The molecular formula is C24H26F3N3O5S2. The first-order valence-electron chi connectivity index (χ1n) is 11.1. The first kappa shape index (κ1) is 28.6. The number of halogens is 3. The van der Waals surface area contributed by atoms with Gasteiger partial charge in [-0.1, -0.05) is 41.6 Å². The van der Waals surface area contributed by atoms with Gasteiger partial charge in [0.25, 0.3) is 0 Å². The molecule has 1 aromatic carbocycles. The van der Waals surface area contributed by atoms with Crippen molar-refractivity contribution in [3.8, 4) is 0 Å². The second-order valence-corrected chi connectivity index (χ2v) is 11.3. The number of nitrogens with one attached hydrogen (secondary N) is 1. The monoisotopic (exact) mass is 557 g/mol. The average molecular weight is 558 g/mol. The Morgan fingerprint density at radius 3 is 2.51 bits per heavy atom. The molecule has 3 aromatic rings. The number of carbonyl (C=O) groups is 1. The van der Waals surface area contributed by atoms with Crippen LogP contribution < -0.4 is 5.32 Å². The highest BCUT2D eigenvalue weighted by atomic mass is 32.2. The number of allylic oxidation sites excluding steroid dienone is 1. The number of amides is 1. The minimum absolute atomic E-state index is 0.0475. The second kappa shape index (κ2) is 12.0. The molecule has 2 heterocycles. The lowest BCUT2D eigenvalue weighted by atomic mass is 10.0. The van der Waals surface area contributed by atoms with E-state index < -0.39 is 46.4 Å². The van der Waals surface area contributed by atoms with E-state index in [4.69, 9.17) is 4.52 Å². The minimum Gasteiger partial charge on any atom is -0.390 e. The molecule has 0 saturated heterocycles. The van der Waals surface area contributed by atoms with Crippen molar-refractivity contribution in [2.24, 2.45) is 0 Å². The first-order valence-corrected chi connectivity index (χ1v) is 13.4. The fourth-order valence-electron chi connectivity index (χ4n) is 3.49. The number of aliphatic hydroxyl groups excluding tert-OH is 1. The highest BCUT2D eigenvalue weighted by Crippen LogP contribution is 2.25. The van der Waals surface area contributed by atoms with Gasteiger partial charge in [0.05, 0.1) is 18.3 Å². The summed E-state index contributed by atoms with van der Waals surface area (Å²) in [6.45, 7) is 1.66. The van der Waals surface area contributed by atoms with E-state index in [2.05, 4.69) is 10.5 Å². The number of nitrogens with zero attached hydrogens (tertiary/aromatic N) is 2. The van der Waals surface area contributed by atoms with Crippen LogP contribution in [0.5, 0.6) is 0 Å². The maximum Gasteiger partial charge on any atom is 0.412 e. The van der Waals surface area contributed by atoms with E-state index in [-0.39, 0.29) is 23.6 Å². The molecule has 0 aliphatic heterocycles. The average Bonchev–Trinajstić information content (AvgIpc) is 3.50. The Hall–Kier alpha value is -3.00. The van der Waals surface area contributed by atoms with Crippen molar-refractivity contribution in [2.45, 2.75) is 50.0 Å². The number of hydrogen-bond acceptors (Lipinski definition) is 7. The van der Waals surface area contributed by atoms with Gasteiger partial charge in [-0.2, -0.15) is 17.5 Å². The smallest absolute Gasteiger partial charge is 0.390 e. The molecule has 2 atom stereocenters. The Morgan fingerprint density at radius 2 is 1.95 bits per heavy atom. The SMILES string of the molecule is C/C(=C/C(=O)NC(Cc1ccccc1)C(O)CN(Cc1cccs1)S(=O)(=O)c1cnoc1C)C(F)(F)F. The van der Waals surface area contributed by atoms with Gasteiger partial charge < -0.3 is 14.9 Å². The van der Waals surface area contributed by atoms with Crippen LogP contribution in [0, 0.1) is 6.92 Å². The predicted molar refractivity (Wildman–Crippen MR) is 131 cm³/mol. The van der Waals surface area contributed by atoms with Gasteiger partial charge in [0.1, 0.15) is 4.90 Å².